The second-order valence-electron chi connectivity index (χ2n) is 7.57. The highest BCUT2D eigenvalue weighted by Gasteiger charge is 2.22. The van der Waals surface area contributed by atoms with Gasteiger partial charge >= 0.3 is 0 Å². The van der Waals surface area contributed by atoms with Crippen LogP contribution in [0.5, 0.6) is 0 Å². The summed E-state index contributed by atoms with van der Waals surface area (Å²) in [6.07, 6.45) is 0. The summed E-state index contributed by atoms with van der Waals surface area (Å²) >= 11 is 1.56. The zero-order valence-corrected chi connectivity index (χ0v) is 18.1. The predicted molar refractivity (Wildman–Crippen MR) is 124 cm³/mol. The zero-order chi connectivity index (χ0) is 21.4. The Hall–Kier alpha value is -3.58. The Morgan fingerprint density at radius 2 is 1.71 bits per heavy atom. The summed E-state index contributed by atoms with van der Waals surface area (Å²) in [5.41, 5.74) is 5.89. The van der Waals surface area contributed by atoms with Gasteiger partial charge in [0, 0.05) is 0 Å². The quantitative estimate of drug-likeness (QED) is 0.401. The Kier molecular flexibility index (Phi) is 4.95. The maximum Gasteiger partial charge on any atom is 0.250 e. The van der Waals surface area contributed by atoms with Gasteiger partial charge in [-0.05, 0) is 42.7 Å². The number of benzene rings is 3. The van der Waals surface area contributed by atoms with Crippen molar-refractivity contribution in [2.75, 3.05) is 4.90 Å². The SMILES string of the molecule is Cc1ccc(C)c2sc(N(Cc3ccccc3)C(=O)Cn3nnc4ccccc43)nc12. The number of hydrogen-bond donors (Lipinski definition) is 0. The third-order valence-corrected chi connectivity index (χ3v) is 6.57. The van der Waals surface area contributed by atoms with Gasteiger partial charge in [0.1, 0.15) is 12.1 Å². The normalized spacial score (nSPS) is 11.3. The number of aryl methyl sites for hydroxylation is 2. The first-order valence-electron chi connectivity index (χ1n) is 10.1. The van der Waals surface area contributed by atoms with Crippen LogP contribution in [-0.2, 0) is 17.9 Å². The lowest BCUT2D eigenvalue weighted by molar-refractivity contribution is -0.119. The molecular weight excluding hydrogens is 406 g/mol. The van der Waals surface area contributed by atoms with Crippen molar-refractivity contribution >= 4 is 43.6 Å². The number of rotatable bonds is 5. The fraction of sp³-hybridized carbons (Fsp3) is 0.167. The molecule has 0 N–H and O–H groups in total. The van der Waals surface area contributed by atoms with E-state index in [9.17, 15) is 4.79 Å². The van der Waals surface area contributed by atoms with Gasteiger partial charge in [-0.1, -0.05) is 71.1 Å². The van der Waals surface area contributed by atoms with Crippen LogP contribution in [0.3, 0.4) is 0 Å². The molecule has 0 saturated heterocycles. The molecule has 31 heavy (non-hydrogen) atoms. The van der Waals surface area contributed by atoms with E-state index in [0.29, 0.717) is 11.7 Å². The van der Waals surface area contributed by atoms with Gasteiger partial charge in [0.15, 0.2) is 5.13 Å². The van der Waals surface area contributed by atoms with Gasteiger partial charge in [-0.25, -0.2) is 9.67 Å². The smallest absolute Gasteiger partial charge is 0.250 e. The monoisotopic (exact) mass is 427 g/mol. The number of para-hydroxylation sites is 1. The van der Waals surface area contributed by atoms with Crippen molar-refractivity contribution in [1.29, 1.82) is 0 Å². The van der Waals surface area contributed by atoms with Crippen molar-refractivity contribution in [3.05, 3.63) is 83.4 Å². The topological polar surface area (TPSA) is 63.9 Å². The molecule has 0 bridgehead atoms. The van der Waals surface area contributed by atoms with Gasteiger partial charge < -0.3 is 0 Å². The highest BCUT2D eigenvalue weighted by molar-refractivity contribution is 7.22. The summed E-state index contributed by atoms with van der Waals surface area (Å²) < 4.78 is 2.77. The van der Waals surface area contributed by atoms with Gasteiger partial charge in [0.05, 0.1) is 22.3 Å². The van der Waals surface area contributed by atoms with E-state index >= 15 is 0 Å². The van der Waals surface area contributed by atoms with E-state index in [1.165, 1.54) is 5.56 Å². The molecule has 0 aliphatic carbocycles. The molecule has 0 saturated carbocycles. The Morgan fingerprint density at radius 1 is 0.968 bits per heavy atom. The van der Waals surface area contributed by atoms with Gasteiger partial charge in [-0.3, -0.25) is 9.69 Å². The van der Waals surface area contributed by atoms with Crippen LogP contribution in [0.2, 0.25) is 0 Å². The van der Waals surface area contributed by atoms with Crippen LogP contribution in [0, 0.1) is 13.8 Å². The third-order valence-electron chi connectivity index (χ3n) is 5.35. The van der Waals surface area contributed by atoms with Crippen molar-refractivity contribution in [2.24, 2.45) is 0 Å². The molecule has 6 nitrogen and oxygen atoms in total. The second-order valence-corrected chi connectivity index (χ2v) is 8.55. The number of hydrogen-bond acceptors (Lipinski definition) is 5. The average Bonchev–Trinajstić information content (AvgIpc) is 3.41. The van der Waals surface area contributed by atoms with Crippen LogP contribution in [-0.4, -0.2) is 25.9 Å². The van der Waals surface area contributed by atoms with Crippen molar-refractivity contribution in [3.8, 4) is 0 Å². The highest BCUT2D eigenvalue weighted by Crippen LogP contribution is 2.34. The largest absolute Gasteiger partial charge is 0.282 e. The fourth-order valence-corrected chi connectivity index (χ4v) is 4.77. The Morgan fingerprint density at radius 3 is 2.52 bits per heavy atom. The minimum absolute atomic E-state index is 0.0751. The summed E-state index contributed by atoms with van der Waals surface area (Å²) in [7, 11) is 0. The molecular formula is C24H21N5OS. The fourth-order valence-electron chi connectivity index (χ4n) is 3.64. The first kappa shape index (κ1) is 19.4. The maximum atomic E-state index is 13.5. The van der Waals surface area contributed by atoms with E-state index in [2.05, 4.69) is 36.3 Å². The lowest BCUT2D eigenvalue weighted by Gasteiger charge is -2.20. The standard InChI is InChI=1S/C24H21N5OS/c1-16-12-13-17(2)23-22(16)25-24(31-23)28(14-18-8-4-3-5-9-18)21(30)15-29-20-11-7-6-10-19(20)26-27-29/h3-13H,14-15H2,1-2H3. The average molecular weight is 428 g/mol. The van der Waals surface area contributed by atoms with E-state index in [-0.39, 0.29) is 12.5 Å². The molecule has 0 fully saturated rings. The number of carbonyl (C=O) groups excluding carboxylic acids is 1. The third kappa shape index (κ3) is 3.68. The minimum atomic E-state index is -0.0751. The van der Waals surface area contributed by atoms with E-state index in [1.54, 1.807) is 20.9 Å². The van der Waals surface area contributed by atoms with Gasteiger partial charge in [-0.15, -0.1) is 5.10 Å². The van der Waals surface area contributed by atoms with E-state index in [4.69, 9.17) is 4.98 Å². The van der Waals surface area contributed by atoms with Crippen molar-refractivity contribution < 1.29 is 4.79 Å². The Labute approximate surface area is 183 Å². The molecule has 0 spiro atoms. The summed E-state index contributed by atoms with van der Waals surface area (Å²) in [4.78, 5) is 20.1. The van der Waals surface area contributed by atoms with Crippen LogP contribution in [0.4, 0.5) is 5.13 Å². The summed E-state index contributed by atoms with van der Waals surface area (Å²) in [5.74, 6) is -0.0751. The molecule has 0 aliphatic heterocycles. The van der Waals surface area contributed by atoms with E-state index in [1.807, 2.05) is 54.6 Å². The second kappa shape index (κ2) is 7.92. The molecule has 0 aliphatic rings. The predicted octanol–water partition coefficient (Wildman–Crippen LogP) is 4.89. The van der Waals surface area contributed by atoms with Crippen molar-refractivity contribution in [1.82, 2.24) is 20.0 Å². The number of anilines is 1. The van der Waals surface area contributed by atoms with Crippen molar-refractivity contribution in [3.63, 3.8) is 0 Å². The molecule has 3 aromatic carbocycles. The number of thiazole rings is 1. The first-order valence-corrected chi connectivity index (χ1v) is 10.9. The molecule has 154 valence electrons. The zero-order valence-electron chi connectivity index (χ0n) is 17.3. The Bertz CT molecular complexity index is 1350. The van der Waals surface area contributed by atoms with Crippen LogP contribution in [0.1, 0.15) is 16.7 Å². The number of aromatic nitrogens is 4. The number of amides is 1. The molecule has 0 unspecified atom stereocenters. The maximum absolute atomic E-state index is 13.5. The van der Waals surface area contributed by atoms with E-state index in [0.717, 1.165) is 32.4 Å². The van der Waals surface area contributed by atoms with Crippen molar-refractivity contribution in [2.45, 2.75) is 26.9 Å². The van der Waals surface area contributed by atoms with Gasteiger partial charge in [-0.2, -0.15) is 0 Å². The Balaban J connectivity index is 1.55. The lowest BCUT2D eigenvalue weighted by atomic mass is 10.1. The van der Waals surface area contributed by atoms with Crippen LogP contribution in [0.25, 0.3) is 21.3 Å². The first-order chi connectivity index (χ1) is 15.1. The molecule has 5 aromatic rings. The minimum Gasteiger partial charge on any atom is -0.282 e. The van der Waals surface area contributed by atoms with Gasteiger partial charge in [0.2, 0.25) is 0 Å². The summed E-state index contributed by atoms with van der Waals surface area (Å²) in [6, 6.07) is 21.8. The summed E-state index contributed by atoms with van der Waals surface area (Å²) in [5, 5.41) is 9.07. The number of nitrogens with zero attached hydrogens (tertiary/aromatic N) is 5. The summed E-state index contributed by atoms with van der Waals surface area (Å²) in [6.45, 7) is 4.68. The highest BCUT2D eigenvalue weighted by atomic mass is 32.1. The number of carbonyl (C=O) groups is 1. The number of fused-ring (bicyclic) bond motifs is 2. The lowest BCUT2D eigenvalue weighted by Crippen LogP contribution is -2.33. The van der Waals surface area contributed by atoms with Crippen LogP contribution >= 0.6 is 11.3 Å². The molecule has 0 atom stereocenters. The van der Waals surface area contributed by atoms with Crippen LogP contribution < -0.4 is 4.90 Å². The van der Waals surface area contributed by atoms with Gasteiger partial charge in [0.25, 0.3) is 5.91 Å². The molecule has 7 heteroatoms. The molecule has 5 rings (SSSR count). The molecule has 2 heterocycles. The molecule has 1 amide bonds. The molecule has 0 radical (unpaired) electrons. The van der Waals surface area contributed by atoms with Crippen LogP contribution in [0.15, 0.2) is 66.7 Å². The van der Waals surface area contributed by atoms with E-state index < -0.39 is 0 Å². The molecule has 2 aromatic heterocycles.